The molecule has 0 radical (unpaired) electrons. The molecule has 2 aliphatic rings. The lowest BCUT2D eigenvalue weighted by molar-refractivity contribution is -0.161. The highest BCUT2D eigenvalue weighted by Crippen LogP contribution is 2.35. The lowest BCUT2D eigenvalue weighted by atomic mass is 9.94. The predicted octanol–water partition coefficient (Wildman–Crippen LogP) is 0.707. The molecule has 1 heterocycles. The number of hydrogen-bond acceptors (Lipinski definition) is 4. The number of aliphatic hydroxyl groups excluding tert-OH is 1. The normalized spacial score (nSPS) is 25.4. The van der Waals surface area contributed by atoms with Crippen LogP contribution in [0.5, 0.6) is 0 Å². The van der Waals surface area contributed by atoms with Crippen LogP contribution in [0.15, 0.2) is 23.8 Å². The van der Waals surface area contributed by atoms with Crippen LogP contribution >= 0.6 is 0 Å². The van der Waals surface area contributed by atoms with Crippen LogP contribution in [0.25, 0.3) is 0 Å². The first-order valence-corrected chi connectivity index (χ1v) is 5.21. The molecule has 15 heavy (non-hydrogen) atoms. The Labute approximate surface area is 88.8 Å². The molecule has 4 nitrogen and oxygen atoms in total. The molecule has 0 amide bonds. The molecule has 0 saturated carbocycles. The summed E-state index contributed by atoms with van der Waals surface area (Å²) in [5.41, 5.74) is 1.10. The summed E-state index contributed by atoms with van der Waals surface area (Å²) < 4.78 is 11.1. The molecule has 2 rings (SSSR count). The largest absolute Gasteiger partial charge is 0.365 e. The van der Waals surface area contributed by atoms with Gasteiger partial charge in [-0.1, -0.05) is 17.7 Å². The molecule has 0 aromatic rings. The van der Waals surface area contributed by atoms with Gasteiger partial charge < -0.3 is 19.7 Å². The van der Waals surface area contributed by atoms with Crippen LogP contribution in [0.2, 0.25) is 0 Å². The fourth-order valence-electron chi connectivity index (χ4n) is 1.95. The summed E-state index contributed by atoms with van der Waals surface area (Å²) in [5, 5.41) is 17.4. The highest BCUT2D eigenvalue weighted by molar-refractivity contribution is 5.22. The maximum Gasteiger partial charge on any atom is 0.172 e. The Bertz CT molecular complexity index is 274. The number of aliphatic hydroxyl groups is 2. The van der Waals surface area contributed by atoms with Gasteiger partial charge >= 0.3 is 0 Å². The van der Waals surface area contributed by atoms with Crippen LogP contribution in [0.4, 0.5) is 0 Å². The highest BCUT2D eigenvalue weighted by Gasteiger charge is 2.37. The second-order valence-electron chi connectivity index (χ2n) is 3.86. The Morgan fingerprint density at radius 3 is 2.60 bits per heavy atom. The zero-order valence-corrected chi connectivity index (χ0v) is 8.56. The van der Waals surface area contributed by atoms with E-state index in [4.69, 9.17) is 19.7 Å². The molecule has 0 bridgehead atoms. The first-order chi connectivity index (χ1) is 7.20. The average molecular weight is 212 g/mol. The minimum atomic E-state index is -1.37. The number of ether oxygens (including phenoxy) is 2. The van der Waals surface area contributed by atoms with Gasteiger partial charge in [0, 0.05) is 12.8 Å². The minimum Gasteiger partial charge on any atom is -0.365 e. The highest BCUT2D eigenvalue weighted by atomic mass is 16.7. The average Bonchev–Trinajstić information content (AvgIpc) is 2.66. The van der Waals surface area contributed by atoms with Gasteiger partial charge in [0.25, 0.3) is 0 Å². The van der Waals surface area contributed by atoms with E-state index in [1.54, 1.807) is 6.08 Å². The third-order valence-corrected chi connectivity index (χ3v) is 2.77. The summed E-state index contributed by atoms with van der Waals surface area (Å²) in [6.45, 7) is 1.35. The van der Waals surface area contributed by atoms with E-state index in [1.807, 2.05) is 6.08 Å². The topological polar surface area (TPSA) is 58.9 Å². The van der Waals surface area contributed by atoms with Gasteiger partial charge in [-0.25, -0.2) is 0 Å². The van der Waals surface area contributed by atoms with E-state index in [2.05, 4.69) is 0 Å². The molecule has 84 valence electrons. The van der Waals surface area contributed by atoms with Crippen molar-refractivity contribution in [3.8, 4) is 0 Å². The van der Waals surface area contributed by atoms with Crippen molar-refractivity contribution in [1.29, 1.82) is 0 Å². The maximum absolute atomic E-state index is 8.68. The van der Waals surface area contributed by atoms with Gasteiger partial charge in [0.2, 0.25) is 0 Å². The van der Waals surface area contributed by atoms with Crippen molar-refractivity contribution in [3.05, 3.63) is 23.8 Å². The van der Waals surface area contributed by atoms with Crippen molar-refractivity contribution in [2.24, 2.45) is 0 Å². The number of allylic oxidation sites excluding steroid dienone is 2. The van der Waals surface area contributed by atoms with Crippen LogP contribution < -0.4 is 0 Å². The molecule has 2 N–H and O–H groups in total. The second-order valence-corrected chi connectivity index (χ2v) is 3.86. The Balaban J connectivity index is 1.94. The van der Waals surface area contributed by atoms with Crippen LogP contribution in [0.3, 0.4) is 0 Å². The summed E-state index contributed by atoms with van der Waals surface area (Å²) in [5.74, 6) is -0.394. The van der Waals surface area contributed by atoms with Crippen molar-refractivity contribution in [2.45, 2.75) is 31.3 Å². The van der Waals surface area contributed by atoms with E-state index in [-0.39, 0.29) is 0 Å². The smallest absolute Gasteiger partial charge is 0.172 e. The first-order valence-electron chi connectivity index (χ1n) is 5.21. The first kappa shape index (κ1) is 10.8. The summed E-state index contributed by atoms with van der Waals surface area (Å²) in [7, 11) is 0. The standard InChI is InChI=1S/C11H16O4/c12-10(13)2-1-9-3-5-11(6-4-9)14-7-8-15-11/h1-3,10,12-13H,4-8H2/b2-1+. The van der Waals surface area contributed by atoms with Crippen molar-refractivity contribution >= 4 is 0 Å². The van der Waals surface area contributed by atoms with Gasteiger partial charge in [-0.2, -0.15) is 0 Å². The summed E-state index contributed by atoms with van der Waals surface area (Å²) in [4.78, 5) is 0. The van der Waals surface area contributed by atoms with Gasteiger partial charge in [0.05, 0.1) is 13.2 Å². The monoisotopic (exact) mass is 212 g/mol. The molecule has 1 aliphatic carbocycles. The molecular weight excluding hydrogens is 196 g/mol. The zero-order chi connectivity index (χ0) is 10.7. The lowest BCUT2D eigenvalue weighted by Crippen LogP contribution is -2.31. The van der Waals surface area contributed by atoms with Crippen LogP contribution in [-0.2, 0) is 9.47 Å². The summed E-state index contributed by atoms with van der Waals surface area (Å²) >= 11 is 0. The molecule has 1 spiro atoms. The lowest BCUT2D eigenvalue weighted by Gasteiger charge is -2.29. The Hall–Kier alpha value is -0.680. The van der Waals surface area contributed by atoms with Crippen molar-refractivity contribution < 1.29 is 19.7 Å². The van der Waals surface area contributed by atoms with Crippen molar-refractivity contribution in [3.63, 3.8) is 0 Å². The van der Waals surface area contributed by atoms with Gasteiger partial charge in [-0.15, -0.1) is 0 Å². The van der Waals surface area contributed by atoms with E-state index >= 15 is 0 Å². The van der Waals surface area contributed by atoms with E-state index in [1.165, 1.54) is 6.08 Å². The predicted molar refractivity (Wildman–Crippen MR) is 53.9 cm³/mol. The molecule has 0 aromatic carbocycles. The fraction of sp³-hybridized carbons (Fsp3) is 0.636. The molecule has 0 unspecified atom stereocenters. The zero-order valence-electron chi connectivity index (χ0n) is 8.56. The van der Waals surface area contributed by atoms with E-state index < -0.39 is 12.1 Å². The van der Waals surface area contributed by atoms with Crippen LogP contribution in [-0.4, -0.2) is 35.5 Å². The quantitative estimate of drug-likeness (QED) is 0.662. The number of hydrogen-bond donors (Lipinski definition) is 2. The third kappa shape index (κ3) is 2.66. The molecule has 0 atom stereocenters. The van der Waals surface area contributed by atoms with Crippen molar-refractivity contribution in [2.75, 3.05) is 13.2 Å². The number of rotatable bonds is 2. The third-order valence-electron chi connectivity index (χ3n) is 2.77. The van der Waals surface area contributed by atoms with E-state index in [0.717, 1.165) is 24.8 Å². The van der Waals surface area contributed by atoms with Gasteiger partial charge in [-0.3, -0.25) is 0 Å². The SMILES string of the molecule is OC(O)/C=C/C1=CCC2(CC1)OCCO2. The summed E-state index contributed by atoms with van der Waals surface area (Å²) in [6.07, 6.45) is 6.20. The van der Waals surface area contributed by atoms with Crippen LogP contribution in [0, 0.1) is 0 Å². The van der Waals surface area contributed by atoms with E-state index in [9.17, 15) is 0 Å². The molecule has 1 saturated heterocycles. The fourth-order valence-corrected chi connectivity index (χ4v) is 1.95. The second kappa shape index (κ2) is 4.45. The Morgan fingerprint density at radius 2 is 2.07 bits per heavy atom. The van der Waals surface area contributed by atoms with E-state index in [0.29, 0.717) is 13.2 Å². The minimum absolute atomic E-state index is 0.394. The summed E-state index contributed by atoms with van der Waals surface area (Å²) in [6, 6.07) is 0. The maximum atomic E-state index is 8.68. The van der Waals surface area contributed by atoms with Gasteiger partial charge in [-0.05, 0) is 12.5 Å². The van der Waals surface area contributed by atoms with Gasteiger partial charge in [0.15, 0.2) is 12.1 Å². The molecule has 0 aromatic heterocycles. The molecule has 4 heteroatoms. The van der Waals surface area contributed by atoms with Crippen molar-refractivity contribution in [1.82, 2.24) is 0 Å². The van der Waals surface area contributed by atoms with Gasteiger partial charge in [0.1, 0.15) is 0 Å². The Kier molecular flexibility index (Phi) is 3.21. The molecular formula is C11H16O4. The Morgan fingerprint density at radius 1 is 1.33 bits per heavy atom. The molecule has 1 aliphatic heterocycles. The van der Waals surface area contributed by atoms with Crippen LogP contribution in [0.1, 0.15) is 19.3 Å². The molecule has 1 fully saturated rings.